The van der Waals surface area contributed by atoms with E-state index in [4.69, 9.17) is 18.9 Å². The van der Waals surface area contributed by atoms with Crippen molar-refractivity contribution in [2.75, 3.05) is 19.8 Å². The average Bonchev–Trinajstić information content (AvgIpc) is 2.96. The maximum absolute atomic E-state index is 12.9. The van der Waals surface area contributed by atoms with Crippen LogP contribution < -0.4 is 0 Å². The smallest absolute Gasteiger partial charge is 0.376 e. The molecule has 1 fully saturated rings. The molecule has 0 heterocycles. The topological polar surface area (TPSA) is 88.1 Å². The highest BCUT2D eigenvalue weighted by atomic mass is 19.3. The molecule has 154 valence electrons. The van der Waals surface area contributed by atoms with E-state index in [1.54, 1.807) is 6.92 Å². The van der Waals surface area contributed by atoms with Gasteiger partial charge in [-0.2, -0.15) is 8.78 Å². The lowest BCUT2D eigenvalue weighted by atomic mass is 9.98. The van der Waals surface area contributed by atoms with Crippen LogP contribution in [0.3, 0.4) is 0 Å². The summed E-state index contributed by atoms with van der Waals surface area (Å²) in [7, 11) is 0. The molecule has 1 saturated carbocycles. The molecule has 9 heteroatoms. The van der Waals surface area contributed by atoms with Crippen molar-refractivity contribution in [1.29, 1.82) is 0 Å². The Morgan fingerprint density at radius 2 is 1.93 bits per heavy atom. The Bertz CT molecular complexity index is 571. The minimum Gasteiger partial charge on any atom is -0.460 e. The molecule has 0 aromatic rings. The molecule has 2 unspecified atom stereocenters. The van der Waals surface area contributed by atoms with Crippen molar-refractivity contribution in [3.63, 3.8) is 0 Å². The lowest BCUT2D eigenvalue weighted by molar-refractivity contribution is -0.177. The van der Waals surface area contributed by atoms with Gasteiger partial charge in [-0.3, -0.25) is 0 Å². The lowest BCUT2D eigenvalue weighted by Crippen LogP contribution is -2.35. The standard InChI is InChI=1S/C18H26F2O7/c1-5-18(7-6-13(10-18)26-16(23)17(4,19)20)27-14(21)11-24-8-9-25-15(22)12(2)3/h13H,2,5-11H2,1,3-4H3. The molecule has 0 bridgehead atoms. The quantitative estimate of drug-likeness (QED) is 0.244. The fourth-order valence-corrected chi connectivity index (χ4v) is 2.63. The number of alkyl halides is 2. The van der Waals surface area contributed by atoms with Crippen LogP contribution in [0.4, 0.5) is 8.78 Å². The molecule has 0 saturated heterocycles. The minimum absolute atomic E-state index is 0.0130. The lowest BCUT2D eigenvalue weighted by Gasteiger charge is -2.28. The van der Waals surface area contributed by atoms with Crippen LogP contribution in [0.5, 0.6) is 0 Å². The predicted octanol–water partition coefficient (Wildman–Crippen LogP) is 2.57. The molecule has 0 N–H and O–H groups in total. The van der Waals surface area contributed by atoms with Crippen molar-refractivity contribution < 1.29 is 42.1 Å². The second-order valence-electron chi connectivity index (χ2n) is 6.64. The molecule has 1 rings (SSSR count). The third-order valence-corrected chi connectivity index (χ3v) is 4.16. The van der Waals surface area contributed by atoms with Crippen LogP contribution in [0.1, 0.15) is 46.5 Å². The summed E-state index contributed by atoms with van der Waals surface area (Å²) in [6.45, 7) is 6.86. The number of rotatable bonds is 10. The zero-order valence-corrected chi connectivity index (χ0v) is 15.8. The molecule has 0 radical (unpaired) electrons. The second kappa shape index (κ2) is 9.77. The SMILES string of the molecule is C=C(C)C(=O)OCCOCC(=O)OC1(CC)CCC(OC(=O)C(C)(F)F)C1. The van der Waals surface area contributed by atoms with Crippen molar-refractivity contribution in [3.05, 3.63) is 12.2 Å². The molecule has 2 atom stereocenters. The van der Waals surface area contributed by atoms with E-state index >= 15 is 0 Å². The van der Waals surface area contributed by atoms with E-state index < -0.39 is 35.5 Å². The third-order valence-electron chi connectivity index (χ3n) is 4.16. The monoisotopic (exact) mass is 392 g/mol. The molecule has 7 nitrogen and oxygen atoms in total. The van der Waals surface area contributed by atoms with Gasteiger partial charge in [-0.05, 0) is 26.2 Å². The number of hydrogen-bond donors (Lipinski definition) is 0. The van der Waals surface area contributed by atoms with E-state index in [-0.39, 0.29) is 31.8 Å². The van der Waals surface area contributed by atoms with E-state index in [1.165, 1.54) is 6.92 Å². The van der Waals surface area contributed by atoms with Gasteiger partial charge >= 0.3 is 23.8 Å². The van der Waals surface area contributed by atoms with Crippen LogP contribution in [0, 0.1) is 0 Å². The van der Waals surface area contributed by atoms with Crippen molar-refractivity contribution in [2.45, 2.75) is 64.1 Å². The summed E-state index contributed by atoms with van der Waals surface area (Å²) in [4.78, 5) is 34.4. The minimum atomic E-state index is -3.56. The van der Waals surface area contributed by atoms with Gasteiger partial charge in [0.25, 0.3) is 0 Å². The first kappa shape index (κ1) is 23.0. The van der Waals surface area contributed by atoms with Gasteiger partial charge in [0.05, 0.1) is 6.61 Å². The highest BCUT2D eigenvalue weighted by Crippen LogP contribution is 2.38. The van der Waals surface area contributed by atoms with E-state index in [1.807, 2.05) is 0 Å². The van der Waals surface area contributed by atoms with Crippen LogP contribution >= 0.6 is 0 Å². The molecule has 0 aliphatic heterocycles. The normalized spacial score (nSPS) is 22.2. The Morgan fingerprint density at radius 1 is 1.26 bits per heavy atom. The van der Waals surface area contributed by atoms with E-state index in [2.05, 4.69) is 6.58 Å². The summed E-state index contributed by atoms with van der Waals surface area (Å²) >= 11 is 0. The van der Waals surface area contributed by atoms with Crippen LogP contribution in [0.2, 0.25) is 0 Å². The van der Waals surface area contributed by atoms with Gasteiger partial charge in [0.1, 0.15) is 24.9 Å². The Kier molecular flexibility index (Phi) is 8.33. The molecule has 1 aliphatic rings. The molecule has 1 aliphatic carbocycles. The Labute approximate surface area is 157 Å². The summed E-state index contributed by atoms with van der Waals surface area (Å²) in [5.74, 6) is -6.32. The number of halogens is 2. The molecule has 0 aromatic heterocycles. The molecule has 0 spiro atoms. The summed E-state index contributed by atoms with van der Waals surface area (Å²) in [6, 6.07) is 0. The summed E-state index contributed by atoms with van der Waals surface area (Å²) in [5.41, 5.74) is -0.613. The fourth-order valence-electron chi connectivity index (χ4n) is 2.63. The maximum atomic E-state index is 12.9. The number of carbonyl (C=O) groups is 3. The van der Waals surface area contributed by atoms with E-state index in [9.17, 15) is 23.2 Å². The van der Waals surface area contributed by atoms with Crippen LogP contribution in [0.25, 0.3) is 0 Å². The van der Waals surface area contributed by atoms with Crippen molar-refractivity contribution in [2.24, 2.45) is 0 Å². The van der Waals surface area contributed by atoms with Crippen LogP contribution in [-0.2, 0) is 33.3 Å². The largest absolute Gasteiger partial charge is 0.460 e. The summed E-state index contributed by atoms with van der Waals surface area (Å²) in [6.07, 6.45) is 0.622. The average molecular weight is 392 g/mol. The fraction of sp³-hybridized carbons (Fsp3) is 0.722. The Hall–Kier alpha value is -2.03. The van der Waals surface area contributed by atoms with Crippen molar-refractivity contribution >= 4 is 17.9 Å². The molecular formula is C18H26F2O7. The van der Waals surface area contributed by atoms with Gasteiger partial charge in [-0.15, -0.1) is 0 Å². The first-order valence-corrected chi connectivity index (χ1v) is 8.70. The Balaban J connectivity index is 2.38. The van der Waals surface area contributed by atoms with Gasteiger partial charge in [0.2, 0.25) is 0 Å². The van der Waals surface area contributed by atoms with Gasteiger partial charge in [0.15, 0.2) is 0 Å². The van der Waals surface area contributed by atoms with E-state index in [0.29, 0.717) is 26.2 Å². The zero-order valence-electron chi connectivity index (χ0n) is 15.8. The van der Waals surface area contributed by atoms with Gasteiger partial charge in [-0.1, -0.05) is 13.5 Å². The van der Waals surface area contributed by atoms with Gasteiger partial charge in [0, 0.05) is 18.9 Å². The van der Waals surface area contributed by atoms with Crippen LogP contribution in [0.15, 0.2) is 12.2 Å². The second-order valence-corrected chi connectivity index (χ2v) is 6.64. The summed E-state index contributed by atoms with van der Waals surface area (Å²) in [5, 5.41) is 0. The molecule has 0 aromatic carbocycles. The molecular weight excluding hydrogens is 366 g/mol. The maximum Gasteiger partial charge on any atom is 0.376 e. The predicted molar refractivity (Wildman–Crippen MR) is 90.1 cm³/mol. The number of ether oxygens (including phenoxy) is 4. The summed E-state index contributed by atoms with van der Waals surface area (Å²) < 4.78 is 46.0. The molecule has 27 heavy (non-hydrogen) atoms. The van der Waals surface area contributed by atoms with Crippen LogP contribution in [-0.4, -0.2) is 55.4 Å². The zero-order chi connectivity index (χ0) is 20.7. The molecule has 0 amide bonds. The van der Waals surface area contributed by atoms with Crippen molar-refractivity contribution in [1.82, 2.24) is 0 Å². The number of esters is 3. The first-order valence-electron chi connectivity index (χ1n) is 8.70. The Morgan fingerprint density at radius 3 is 2.48 bits per heavy atom. The first-order chi connectivity index (χ1) is 12.5. The van der Waals surface area contributed by atoms with E-state index in [0.717, 1.165) is 0 Å². The highest BCUT2D eigenvalue weighted by Gasteiger charge is 2.45. The number of hydrogen-bond acceptors (Lipinski definition) is 7. The third kappa shape index (κ3) is 7.62. The highest BCUT2D eigenvalue weighted by molar-refractivity contribution is 5.86. The van der Waals surface area contributed by atoms with Gasteiger partial charge in [-0.25, -0.2) is 14.4 Å². The number of carbonyl (C=O) groups excluding carboxylic acids is 3. The van der Waals surface area contributed by atoms with Crippen molar-refractivity contribution in [3.8, 4) is 0 Å². The van der Waals surface area contributed by atoms with Gasteiger partial charge < -0.3 is 18.9 Å².